The molecule has 3 aromatic rings. The molecule has 2 aromatic carbocycles. The Morgan fingerprint density at radius 1 is 1.00 bits per heavy atom. The van der Waals surface area contributed by atoms with Gasteiger partial charge in [-0.05, 0) is 24.3 Å². The van der Waals surface area contributed by atoms with Crippen LogP contribution in [-0.4, -0.2) is 43.3 Å². The highest BCUT2D eigenvalue weighted by molar-refractivity contribution is 8.00. The zero-order valence-corrected chi connectivity index (χ0v) is 18.4. The van der Waals surface area contributed by atoms with Gasteiger partial charge in [0.05, 0.1) is 22.7 Å². The summed E-state index contributed by atoms with van der Waals surface area (Å²) in [6.07, 6.45) is 1.68. The minimum atomic E-state index is -3.62. The summed E-state index contributed by atoms with van der Waals surface area (Å²) in [4.78, 5) is 33.6. The number of hydrogen-bond donors (Lipinski definition) is 3. The average Bonchev–Trinajstić information content (AvgIpc) is 3.06. The normalized spacial score (nSPS) is 15.2. The molecule has 0 radical (unpaired) electrons. The third-order valence-electron chi connectivity index (χ3n) is 4.57. The standard InChI is InChI=1S/C21H19N5O4S2/c27-18(10-12-23-21-15-7-1-2-9-17(15)32(29,30)26-21)24-25-19(28)13-31-16-8-3-5-14-6-4-11-22-20(14)16/h1-9,11H,10,12-13H2,(H,23,26)(H,24,27)(H,25,28). The van der Waals surface area contributed by atoms with Crippen molar-refractivity contribution in [1.82, 2.24) is 20.6 Å². The van der Waals surface area contributed by atoms with Crippen LogP contribution in [0.1, 0.15) is 12.0 Å². The van der Waals surface area contributed by atoms with Gasteiger partial charge < -0.3 is 0 Å². The van der Waals surface area contributed by atoms with Crippen molar-refractivity contribution in [3.8, 4) is 0 Å². The molecular weight excluding hydrogens is 450 g/mol. The first-order chi connectivity index (χ1) is 15.4. The van der Waals surface area contributed by atoms with Gasteiger partial charge in [-0.15, -0.1) is 11.8 Å². The van der Waals surface area contributed by atoms with Crippen molar-refractivity contribution >= 4 is 50.3 Å². The summed E-state index contributed by atoms with van der Waals surface area (Å²) >= 11 is 1.32. The lowest BCUT2D eigenvalue weighted by atomic mass is 10.2. The first kappa shape index (κ1) is 21.8. The molecule has 0 bridgehead atoms. The Labute approximate surface area is 188 Å². The van der Waals surface area contributed by atoms with E-state index in [2.05, 4.69) is 25.6 Å². The van der Waals surface area contributed by atoms with Gasteiger partial charge in [-0.1, -0.05) is 30.3 Å². The number of carbonyl (C=O) groups is 2. The van der Waals surface area contributed by atoms with E-state index in [4.69, 9.17) is 0 Å². The molecule has 4 rings (SSSR count). The van der Waals surface area contributed by atoms with Crippen LogP contribution in [0.2, 0.25) is 0 Å². The molecule has 1 aliphatic rings. The summed E-state index contributed by atoms with van der Waals surface area (Å²) in [7, 11) is -3.62. The lowest BCUT2D eigenvalue weighted by Crippen LogP contribution is -2.42. The Bertz CT molecular complexity index is 1320. The molecule has 0 saturated heterocycles. The van der Waals surface area contributed by atoms with E-state index >= 15 is 0 Å². The first-order valence-corrected chi connectivity index (χ1v) is 12.1. The van der Waals surface area contributed by atoms with Crippen LogP contribution in [0.15, 0.2) is 75.6 Å². The van der Waals surface area contributed by atoms with Gasteiger partial charge in [0.15, 0.2) is 0 Å². The highest BCUT2D eigenvalue weighted by atomic mass is 32.2. The van der Waals surface area contributed by atoms with Crippen molar-refractivity contribution < 1.29 is 18.0 Å². The molecule has 0 fully saturated rings. The van der Waals surface area contributed by atoms with E-state index in [-0.39, 0.29) is 35.4 Å². The highest BCUT2D eigenvalue weighted by Crippen LogP contribution is 2.25. The summed E-state index contributed by atoms with van der Waals surface area (Å²) in [5.41, 5.74) is 6.00. The molecule has 1 aromatic heterocycles. The minimum absolute atomic E-state index is 0.0198. The fraction of sp³-hybridized carbons (Fsp3) is 0.143. The van der Waals surface area contributed by atoms with E-state index in [1.807, 2.05) is 30.3 Å². The zero-order valence-electron chi connectivity index (χ0n) is 16.7. The Balaban J connectivity index is 1.24. The zero-order chi connectivity index (χ0) is 22.6. The summed E-state index contributed by atoms with van der Waals surface area (Å²) in [5.74, 6) is -0.483. The number of sulfonamides is 1. The summed E-state index contributed by atoms with van der Waals surface area (Å²) in [6.45, 7) is 0.0598. The van der Waals surface area contributed by atoms with Crippen LogP contribution in [0, 0.1) is 0 Å². The van der Waals surface area contributed by atoms with Gasteiger partial charge in [0, 0.05) is 28.5 Å². The Kier molecular flexibility index (Phi) is 6.37. The van der Waals surface area contributed by atoms with Gasteiger partial charge in [0.2, 0.25) is 11.8 Å². The molecule has 2 amide bonds. The number of nitrogens with one attached hydrogen (secondary N) is 3. The third-order valence-corrected chi connectivity index (χ3v) is 7.01. The van der Waals surface area contributed by atoms with Crippen LogP contribution in [0.4, 0.5) is 0 Å². The molecule has 1 aliphatic heterocycles. The maximum Gasteiger partial charge on any atom is 0.263 e. The Morgan fingerprint density at radius 2 is 1.78 bits per heavy atom. The van der Waals surface area contributed by atoms with E-state index < -0.39 is 15.9 Å². The maximum atomic E-state index is 12.1. The fourth-order valence-electron chi connectivity index (χ4n) is 3.09. The summed E-state index contributed by atoms with van der Waals surface area (Å²) in [6, 6.07) is 16.0. The van der Waals surface area contributed by atoms with Crippen LogP contribution in [0.3, 0.4) is 0 Å². The average molecular weight is 470 g/mol. The van der Waals surface area contributed by atoms with Crippen LogP contribution < -0.4 is 15.6 Å². The molecule has 9 nitrogen and oxygen atoms in total. The fourth-order valence-corrected chi connectivity index (χ4v) is 5.19. The quantitative estimate of drug-likeness (QED) is 0.371. The molecule has 3 N–H and O–H groups in total. The lowest BCUT2D eigenvalue weighted by Gasteiger charge is -2.08. The van der Waals surface area contributed by atoms with Gasteiger partial charge in [0.25, 0.3) is 10.0 Å². The van der Waals surface area contributed by atoms with Gasteiger partial charge in [-0.25, -0.2) is 8.42 Å². The molecule has 0 saturated carbocycles. The van der Waals surface area contributed by atoms with Crippen molar-refractivity contribution in [2.45, 2.75) is 16.2 Å². The number of fused-ring (bicyclic) bond motifs is 2. The number of hydrazine groups is 1. The van der Waals surface area contributed by atoms with Crippen molar-refractivity contribution in [2.75, 3.05) is 12.3 Å². The Morgan fingerprint density at radius 3 is 2.66 bits per heavy atom. The number of rotatable bonds is 6. The van der Waals surface area contributed by atoms with Crippen LogP contribution in [0.5, 0.6) is 0 Å². The molecular formula is C21H19N5O4S2. The molecule has 2 heterocycles. The molecule has 0 unspecified atom stereocenters. The molecule has 0 aliphatic carbocycles. The van der Waals surface area contributed by atoms with Gasteiger partial charge in [0.1, 0.15) is 5.84 Å². The third kappa shape index (κ3) is 4.89. The second kappa shape index (κ2) is 9.37. The number of amides is 2. The number of nitrogens with zero attached hydrogens (tertiary/aromatic N) is 2. The number of benzene rings is 2. The predicted octanol–water partition coefficient (Wildman–Crippen LogP) is 1.60. The number of aliphatic imine (C=N–C) groups is 1. The summed E-state index contributed by atoms with van der Waals surface area (Å²) in [5, 5.41) is 0.986. The van der Waals surface area contributed by atoms with Crippen molar-refractivity contribution in [1.29, 1.82) is 0 Å². The minimum Gasteiger partial charge on any atom is -0.273 e. The van der Waals surface area contributed by atoms with E-state index in [1.165, 1.54) is 17.8 Å². The Hall–Kier alpha value is -3.44. The predicted molar refractivity (Wildman–Crippen MR) is 122 cm³/mol. The van der Waals surface area contributed by atoms with Gasteiger partial charge in [-0.3, -0.25) is 35.1 Å². The van der Waals surface area contributed by atoms with E-state index in [0.717, 1.165) is 15.8 Å². The smallest absolute Gasteiger partial charge is 0.263 e. The lowest BCUT2D eigenvalue weighted by molar-refractivity contribution is -0.127. The van der Waals surface area contributed by atoms with Gasteiger partial charge in [-0.2, -0.15) is 0 Å². The van der Waals surface area contributed by atoms with Crippen LogP contribution in [0.25, 0.3) is 10.9 Å². The number of aromatic nitrogens is 1. The first-order valence-electron chi connectivity index (χ1n) is 9.65. The molecule has 11 heteroatoms. The van der Waals surface area contributed by atoms with Crippen LogP contribution in [-0.2, 0) is 19.6 Å². The van der Waals surface area contributed by atoms with E-state index in [1.54, 1.807) is 24.4 Å². The number of carbonyl (C=O) groups excluding carboxylic acids is 2. The number of thioether (sulfide) groups is 1. The van der Waals surface area contributed by atoms with Crippen molar-refractivity contribution in [2.24, 2.45) is 4.99 Å². The molecule has 164 valence electrons. The molecule has 32 heavy (non-hydrogen) atoms. The highest BCUT2D eigenvalue weighted by Gasteiger charge is 2.29. The maximum absolute atomic E-state index is 12.1. The summed E-state index contributed by atoms with van der Waals surface area (Å²) < 4.78 is 26.5. The van der Waals surface area contributed by atoms with Gasteiger partial charge >= 0.3 is 0 Å². The topological polar surface area (TPSA) is 130 Å². The van der Waals surface area contributed by atoms with E-state index in [9.17, 15) is 18.0 Å². The SMILES string of the molecule is O=C(CCN=C1NS(=O)(=O)c2ccccc21)NNC(=O)CSc1cccc2cccnc12. The monoisotopic (exact) mass is 469 g/mol. The number of pyridine rings is 1. The molecule has 0 spiro atoms. The number of amidine groups is 1. The second-order valence-corrected chi connectivity index (χ2v) is 9.47. The van der Waals surface area contributed by atoms with Crippen molar-refractivity contribution in [3.63, 3.8) is 0 Å². The van der Waals surface area contributed by atoms with Crippen LogP contribution >= 0.6 is 11.8 Å². The van der Waals surface area contributed by atoms with E-state index in [0.29, 0.717) is 5.56 Å². The molecule has 0 atom stereocenters. The van der Waals surface area contributed by atoms with Crippen molar-refractivity contribution in [3.05, 3.63) is 66.4 Å². The largest absolute Gasteiger partial charge is 0.273 e. The number of hydrogen-bond acceptors (Lipinski definition) is 7. The number of para-hydroxylation sites is 1. The second-order valence-electron chi connectivity index (χ2n) is 6.80.